The van der Waals surface area contributed by atoms with Crippen molar-refractivity contribution in [3.63, 3.8) is 0 Å². The van der Waals surface area contributed by atoms with E-state index < -0.39 is 4.92 Å². The average molecular weight is 252 g/mol. The minimum Gasteiger partial charge on any atom is -0.395 e. The van der Waals surface area contributed by atoms with Crippen LogP contribution >= 0.6 is 0 Å². The molecule has 0 radical (unpaired) electrons. The zero-order valence-electron chi connectivity index (χ0n) is 9.95. The van der Waals surface area contributed by atoms with Crippen LogP contribution < -0.4 is 4.90 Å². The predicted molar refractivity (Wildman–Crippen MR) is 66.5 cm³/mol. The highest BCUT2D eigenvalue weighted by Gasteiger charge is 2.32. The van der Waals surface area contributed by atoms with Gasteiger partial charge in [-0.15, -0.1) is 0 Å². The van der Waals surface area contributed by atoms with Crippen molar-refractivity contribution in [3.05, 3.63) is 33.9 Å². The molecule has 0 atom stereocenters. The van der Waals surface area contributed by atoms with E-state index in [0.717, 1.165) is 12.8 Å². The number of nitrogens with zero attached hydrogens (tertiary/aromatic N) is 2. The lowest BCUT2D eigenvalue weighted by molar-refractivity contribution is -0.384. The van der Waals surface area contributed by atoms with Crippen molar-refractivity contribution in [2.45, 2.75) is 25.5 Å². The lowest BCUT2D eigenvalue weighted by Gasteiger charge is -2.23. The van der Waals surface area contributed by atoms with E-state index in [2.05, 4.69) is 0 Å². The summed E-state index contributed by atoms with van der Waals surface area (Å²) in [6.45, 7) is 0.143. The van der Waals surface area contributed by atoms with Crippen LogP contribution in [0, 0.1) is 10.1 Å². The van der Waals surface area contributed by atoms with Crippen LogP contribution in [0.4, 0.5) is 11.4 Å². The molecule has 0 aromatic heterocycles. The number of hydrogen-bond donors (Lipinski definition) is 2. The van der Waals surface area contributed by atoms with Gasteiger partial charge in [-0.05, 0) is 24.5 Å². The number of nitro groups is 1. The number of aliphatic hydroxyl groups is 2. The largest absolute Gasteiger partial charge is 0.395 e. The van der Waals surface area contributed by atoms with E-state index in [0.29, 0.717) is 17.8 Å². The van der Waals surface area contributed by atoms with Gasteiger partial charge in [0.1, 0.15) is 5.69 Å². The molecule has 1 aliphatic rings. The lowest BCUT2D eigenvalue weighted by Crippen LogP contribution is -2.29. The Labute approximate surface area is 105 Å². The third-order valence-electron chi connectivity index (χ3n) is 3.06. The first-order chi connectivity index (χ1) is 8.67. The highest BCUT2D eigenvalue weighted by molar-refractivity contribution is 5.65. The third-order valence-corrected chi connectivity index (χ3v) is 3.06. The minimum absolute atomic E-state index is 0.0121. The Morgan fingerprint density at radius 2 is 2.11 bits per heavy atom. The molecule has 6 nitrogen and oxygen atoms in total. The van der Waals surface area contributed by atoms with Gasteiger partial charge in [0.05, 0.1) is 18.1 Å². The van der Waals surface area contributed by atoms with E-state index >= 15 is 0 Å². The summed E-state index contributed by atoms with van der Waals surface area (Å²) < 4.78 is 0. The summed E-state index contributed by atoms with van der Waals surface area (Å²) in [7, 11) is 0. The van der Waals surface area contributed by atoms with Crippen LogP contribution in [-0.2, 0) is 6.61 Å². The molecule has 1 saturated carbocycles. The smallest absolute Gasteiger partial charge is 0.292 e. The Hall–Kier alpha value is -1.66. The maximum absolute atomic E-state index is 11.1. The molecule has 1 aromatic carbocycles. The Kier molecular flexibility index (Phi) is 3.78. The third kappa shape index (κ3) is 2.60. The molecular formula is C12H16N2O4. The Morgan fingerprint density at radius 1 is 1.39 bits per heavy atom. The second-order valence-corrected chi connectivity index (χ2v) is 4.39. The predicted octanol–water partition coefficient (Wildman–Crippen LogP) is 1.05. The van der Waals surface area contributed by atoms with Crippen LogP contribution in [0.25, 0.3) is 0 Å². The summed E-state index contributed by atoms with van der Waals surface area (Å²) in [6, 6.07) is 5.00. The van der Waals surface area contributed by atoms with Gasteiger partial charge in [0.15, 0.2) is 0 Å². The summed E-state index contributed by atoms with van der Waals surface area (Å²) in [6.07, 6.45) is 2.00. The van der Waals surface area contributed by atoms with E-state index in [4.69, 9.17) is 10.2 Å². The minimum atomic E-state index is -0.443. The van der Waals surface area contributed by atoms with Crippen LogP contribution in [0.2, 0.25) is 0 Å². The highest BCUT2D eigenvalue weighted by Crippen LogP contribution is 2.37. The molecule has 2 rings (SSSR count). The van der Waals surface area contributed by atoms with Gasteiger partial charge >= 0.3 is 0 Å². The van der Waals surface area contributed by atoms with Crippen molar-refractivity contribution >= 4 is 11.4 Å². The summed E-state index contributed by atoms with van der Waals surface area (Å²) in [5.74, 6) is 0. The second kappa shape index (κ2) is 5.32. The van der Waals surface area contributed by atoms with Gasteiger partial charge in [0, 0.05) is 18.7 Å². The standard InChI is InChI=1S/C12H16N2O4/c15-6-5-13(10-2-3-10)11-4-1-9(8-16)7-12(11)14(17)18/h1,4,7,10,15-16H,2-3,5-6,8H2. The molecule has 0 spiro atoms. The fourth-order valence-electron chi connectivity index (χ4n) is 2.05. The molecule has 1 aliphatic carbocycles. The number of rotatable bonds is 6. The normalized spacial score (nSPS) is 14.6. The molecule has 0 unspecified atom stereocenters. The van der Waals surface area contributed by atoms with Gasteiger partial charge in [-0.3, -0.25) is 10.1 Å². The molecule has 2 N–H and O–H groups in total. The SMILES string of the molecule is O=[N+]([O-])c1cc(CO)ccc1N(CCO)C1CC1. The van der Waals surface area contributed by atoms with Crippen molar-refractivity contribution in [2.75, 3.05) is 18.1 Å². The van der Waals surface area contributed by atoms with Crippen molar-refractivity contribution in [3.8, 4) is 0 Å². The zero-order valence-corrected chi connectivity index (χ0v) is 9.95. The quantitative estimate of drug-likeness (QED) is 0.583. The lowest BCUT2D eigenvalue weighted by atomic mass is 10.1. The number of benzene rings is 1. The van der Waals surface area contributed by atoms with Gasteiger partial charge in [-0.1, -0.05) is 6.07 Å². The monoisotopic (exact) mass is 252 g/mol. The molecule has 1 fully saturated rings. The van der Waals surface area contributed by atoms with Crippen LogP contribution in [0.3, 0.4) is 0 Å². The number of hydrogen-bond acceptors (Lipinski definition) is 5. The summed E-state index contributed by atoms with van der Waals surface area (Å²) in [5, 5.41) is 29.2. The van der Waals surface area contributed by atoms with E-state index in [-0.39, 0.29) is 24.9 Å². The van der Waals surface area contributed by atoms with E-state index in [1.807, 2.05) is 4.90 Å². The second-order valence-electron chi connectivity index (χ2n) is 4.39. The molecule has 0 bridgehead atoms. The number of anilines is 1. The molecule has 98 valence electrons. The van der Waals surface area contributed by atoms with Crippen LogP contribution in [0.1, 0.15) is 18.4 Å². The summed E-state index contributed by atoms with van der Waals surface area (Å²) >= 11 is 0. The first-order valence-corrected chi connectivity index (χ1v) is 5.93. The van der Waals surface area contributed by atoms with Gasteiger partial charge in [0.25, 0.3) is 5.69 Å². The molecule has 1 aromatic rings. The zero-order chi connectivity index (χ0) is 13.1. The topological polar surface area (TPSA) is 86.8 Å². The number of aliphatic hydroxyl groups excluding tert-OH is 2. The summed E-state index contributed by atoms with van der Waals surface area (Å²) in [5.41, 5.74) is 1.03. The van der Waals surface area contributed by atoms with Gasteiger partial charge in [-0.2, -0.15) is 0 Å². The molecule has 0 amide bonds. The first kappa shape index (κ1) is 12.8. The molecule has 0 aliphatic heterocycles. The molecule has 18 heavy (non-hydrogen) atoms. The van der Waals surface area contributed by atoms with Crippen LogP contribution in [0.15, 0.2) is 18.2 Å². The number of nitro benzene ring substituents is 1. The van der Waals surface area contributed by atoms with E-state index in [9.17, 15) is 10.1 Å². The molecule has 6 heteroatoms. The van der Waals surface area contributed by atoms with Crippen molar-refractivity contribution in [1.82, 2.24) is 0 Å². The first-order valence-electron chi connectivity index (χ1n) is 5.93. The van der Waals surface area contributed by atoms with E-state index in [1.54, 1.807) is 12.1 Å². The van der Waals surface area contributed by atoms with Crippen molar-refractivity contribution in [2.24, 2.45) is 0 Å². The fraction of sp³-hybridized carbons (Fsp3) is 0.500. The Morgan fingerprint density at radius 3 is 2.61 bits per heavy atom. The maximum atomic E-state index is 11.1. The van der Waals surface area contributed by atoms with Crippen molar-refractivity contribution < 1.29 is 15.1 Å². The highest BCUT2D eigenvalue weighted by atomic mass is 16.6. The fourth-order valence-corrected chi connectivity index (χ4v) is 2.05. The Bertz CT molecular complexity index is 446. The van der Waals surface area contributed by atoms with Crippen molar-refractivity contribution in [1.29, 1.82) is 0 Å². The van der Waals surface area contributed by atoms with Gasteiger partial charge in [-0.25, -0.2) is 0 Å². The van der Waals surface area contributed by atoms with E-state index in [1.165, 1.54) is 6.07 Å². The summed E-state index contributed by atoms with van der Waals surface area (Å²) in [4.78, 5) is 12.5. The van der Waals surface area contributed by atoms with Gasteiger partial charge < -0.3 is 15.1 Å². The average Bonchev–Trinajstić information content (AvgIpc) is 3.19. The maximum Gasteiger partial charge on any atom is 0.292 e. The van der Waals surface area contributed by atoms with Gasteiger partial charge in [0.2, 0.25) is 0 Å². The molecular weight excluding hydrogens is 236 g/mol. The molecule has 0 saturated heterocycles. The van der Waals surface area contributed by atoms with Crippen LogP contribution in [0.5, 0.6) is 0 Å². The Balaban J connectivity index is 2.37. The van der Waals surface area contributed by atoms with Crippen LogP contribution in [-0.4, -0.2) is 34.3 Å². The molecule has 0 heterocycles.